The van der Waals surface area contributed by atoms with E-state index in [0.29, 0.717) is 54.7 Å². The fourth-order valence-corrected chi connectivity index (χ4v) is 7.86. The van der Waals surface area contributed by atoms with E-state index < -0.39 is 30.4 Å². The zero-order valence-electron chi connectivity index (χ0n) is 32.6. The topological polar surface area (TPSA) is 192 Å². The van der Waals surface area contributed by atoms with Crippen LogP contribution in [0.25, 0.3) is 11.2 Å². The highest BCUT2D eigenvalue weighted by Gasteiger charge is 2.44. The highest BCUT2D eigenvalue weighted by Crippen LogP contribution is 2.36. The van der Waals surface area contributed by atoms with Crippen LogP contribution < -0.4 is 26.2 Å². The summed E-state index contributed by atoms with van der Waals surface area (Å²) in [6, 6.07) is 31.7. The van der Waals surface area contributed by atoms with Crippen LogP contribution in [0, 0.1) is 0 Å². The first-order valence-electron chi connectivity index (χ1n) is 19.9. The number of anilines is 3. The molecule has 2 fully saturated rings. The van der Waals surface area contributed by atoms with Crippen LogP contribution in [0.3, 0.4) is 0 Å². The van der Waals surface area contributed by atoms with Gasteiger partial charge in [-0.3, -0.25) is 9.78 Å². The number of urea groups is 1. The monoisotopic (exact) mass is 796 g/mol. The van der Waals surface area contributed by atoms with Gasteiger partial charge in [0.2, 0.25) is 11.9 Å². The van der Waals surface area contributed by atoms with E-state index >= 15 is 0 Å². The van der Waals surface area contributed by atoms with E-state index in [1.807, 2.05) is 71.6 Å². The lowest BCUT2D eigenvalue weighted by molar-refractivity contribution is -0.134. The van der Waals surface area contributed by atoms with Crippen molar-refractivity contribution in [3.63, 3.8) is 0 Å². The number of aliphatic hydroxyl groups excluding tert-OH is 2. The Balaban J connectivity index is 1.04. The first kappa shape index (κ1) is 39.4. The first-order valence-corrected chi connectivity index (χ1v) is 19.9. The quantitative estimate of drug-likeness (QED) is 0.0902. The van der Waals surface area contributed by atoms with Crippen molar-refractivity contribution in [3.8, 4) is 0 Å². The molecular formula is C44H48N10O5. The number of nitrogens with one attached hydrogen (secondary N) is 4. The number of carbonyl (C=O) groups excluding carboxylic acids is 2. The summed E-state index contributed by atoms with van der Waals surface area (Å²) in [5.74, 6) is 0.537. The van der Waals surface area contributed by atoms with Crippen LogP contribution in [0.2, 0.25) is 0 Å². The van der Waals surface area contributed by atoms with Crippen LogP contribution in [0.5, 0.6) is 0 Å². The molecule has 6 atom stereocenters. The van der Waals surface area contributed by atoms with Gasteiger partial charge in [0.25, 0.3) is 0 Å². The van der Waals surface area contributed by atoms with Crippen LogP contribution in [-0.4, -0.2) is 96.7 Å². The number of pyridine rings is 1. The Morgan fingerprint density at radius 3 is 2.29 bits per heavy atom. The molecule has 6 N–H and O–H groups in total. The number of hydrogen-bond acceptors (Lipinski definition) is 11. The summed E-state index contributed by atoms with van der Waals surface area (Å²) in [5, 5.41) is 35.1. The second-order valence-electron chi connectivity index (χ2n) is 15.1. The molecule has 3 aromatic carbocycles. The molecule has 3 amide bonds. The summed E-state index contributed by atoms with van der Waals surface area (Å²) < 4.78 is 7.58. The second kappa shape index (κ2) is 18.0. The lowest BCUT2D eigenvalue weighted by atomic mass is 9.91. The zero-order valence-corrected chi connectivity index (χ0v) is 32.6. The minimum absolute atomic E-state index is 0.0121. The van der Waals surface area contributed by atoms with Gasteiger partial charge in [0.05, 0.1) is 36.9 Å². The van der Waals surface area contributed by atoms with Gasteiger partial charge < -0.3 is 45.7 Å². The largest absolute Gasteiger partial charge is 0.388 e. The van der Waals surface area contributed by atoms with Crippen molar-refractivity contribution in [2.45, 2.75) is 68.7 Å². The minimum Gasteiger partial charge on any atom is -0.388 e. The average molecular weight is 797 g/mol. The highest BCUT2D eigenvalue weighted by atomic mass is 16.5. The molecule has 4 heterocycles. The van der Waals surface area contributed by atoms with Crippen molar-refractivity contribution < 1.29 is 24.5 Å². The summed E-state index contributed by atoms with van der Waals surface area (Å²) in [6.07, 6.45) is 2.45. The Kier molecular flexibility index (Phi) is 12.0. The lowest BCUT2D eigenvalue weighted by Gasteiger charge is -2.22. The second-order valence-corrected chi connectivity index (χ2v) is 15.1. The fraction of sp³-hybridized carbons (Fsp3) is 0.318. The van der Waals surface area contributed by atoms with Crippen molar-refractivity contribution in [1.82, 2.24) is 35.1 Å². The van der Waals surface area contributed by atoms with Gasteiger partial charge in [0.1, 0.15) is 18.3 Å². The van der Waals surface area contributed by atoms with E-state index in [9.17, 15) is 19.8 Å². The van der Waals surface area contributed by atoms with Crippen LogP contribution in [-0.2, 0) is 16.1 Å². The zero-order chi connectivity index (χ0) is 40.7. The van der Waals surface area contributed by atoms with Gasteiger partial charge in [0, 0.05) is 37.8 Å². The number of nitrogens with zero attached hydrogens (tertiary/aromatic N) is 6. The van der Waals surface area contributed by atoms with Crippen molar-refractivity contribution in [2.75, 3.05) is 35.2 Å². The Hall–Kier alpha value is -6.42. The number of fused-ring (bicyclic) bond motifs is 1. The molecule has 1 aliphatic carbocycles. The molecule has 1 saturated carbocycles. The Morgan fingerprint density at radius 1 is 0.881 bits per heavy atom. The Labute approximate surface area is 341 Å². The predicted molar refractivity (Wildman–Crippen MR) is 224 cm³/mol. The van der Waals surface area contributed by atoms with Crippen LogP contribution in [0.15, 0.2) is 122 Å². The molecule has 8 rings (SSSR count). The molecule has 0 spiro atoms. The van der Waals surface area contributed by atoms with Crippen molar-refractivity contribution in [3.05, 3.63) is 139 Å². The fourth-order valence-electron chi connectivity index (χ4n) is 7.86. The number of hydrogen-bond donors (Lipinski definition) is 6. The molecule has 1 aliphatic heterocycles. The van der Waals surface area contributed by atoms with E-state index in [1.54, 1.807) is 42.3 Å². The van der Waals surface area contributed by atoms with Gasteiger partial charge in [-0.1, -0.05) is 91.0 Å². The summed E-state index contributed by atoms with van der Waals surface area (Å²) in [6.45, 7) is 3.46. The number of rotatable bonds is 14. The molecule has 6 aromatic rings. The normalized spacial score (nSPS) is 20.7. The molecule has 15 heteroatoms. The molecule has 15 nitrogen and oxygen atoms in total. The molecule has 1 saturated heterocycles. The molecule has 0 bridgehead atoms. The number of aliphatic hydroxyl groups is 2. The van der Waals surface area contributed by atoms with Gasteiger partial charge in [-0.2, -0.15) is 9.97 Å². The third kappa shape index (κ3) is 9.17. The maximum absolute atomic E-state index is 13.2. The minimum atomic E-state index is -1.25. The van der Waals surface area contributed by atoms with E-state index in [2.05, 4.69) is 50.5 Å². The van der Waals surface area contributed by atoms with E-state index in [1.165, 1.54) is 0 Å². The van der Waals surface area contributed by atoms with Crippen molar-refractivity contribution in [2.24, 2.45) is 0 Å². The lowest BCUT2D eigenvalue weighted by Crippen LogP contribution is -2.46. The first-order chi connectivity index (χ1) is 28.8. The highest BCUT2D eigenvalue weighted by molar-refractivity contribution is 5.89. The predicted octanol–water partition coefficient (Wildman–Crippen LogP) is 4.62. The maximum atomic E-state index is 13.2. The van der Waals surface area contributed by atoms with Gasteiger partial charge >= 0.3 is 6.03 Å². The standard InChI is InChI=1S/C44H48N10O5/c1-28(59-26-29-12-5-2-6-13-29)42(57)50-35-22-36(39(56)38(35)55)54-27-47-37-40(46-24-34(30-14-7-3-8-15-30)31-16-9-4-10-17-31)51-43(52-41(37)54)53-21-19-33(25-53)49-44(58)48-32-18-11-20-45-23-32/h2-18,20,23,27-28,33-36,38-39,55-56H,19,21-22,24-26H2,1H3,(H,50,57)(H,46,51,52)(H2,48,49,58)/t28-,33-,35+,36?,38-,39?/m1/s1. The number of carbonyl (C=O) groups is 2. The van der Waals surface area contributed by atoms with Crippen LogP contribution >= 0.6 is 0 Å². The van der Waals surface area contributed by atoms with Gasteiger partial charge in [-0.15, -0.1) is 0 Å². The number of aromatic nitrogens is 5. The van der Waals surface area contributed by atoms with Crippen LogP contribution in [0.4, 0.5) is 22.2 Å². The van der Waals surface area contributed by atoms with Crippen LogP contribution in [0.1, 0.15) is 48.4 Å². The summed E-state index contributed by atoms with van der Waals surface area (Å²) in [5.41, 5.74) is 4.76. The van der Waals surface area contributed by atoms with Crippen molar-refractivity contribution >= 4 is 40.6 Å². The Morgan fingerprint density at radius 2 is 1.59 bits per heavy atom. The molecule has 304 valence electrons. The van der Waals surface area contributed by atoms with E-state index in [-0.39, 0.29) is 36.9 Å². The smallest absolute Gasteiger partial charge is 0.319 e. The van der Waals surface area contributed by atoms with Gasteiger partial charge in [-0.25, -0.2) is 9.78 Å². The molecule has 3 aromatic heterocycles. The molecule has 59 heavy (non-hydrogen) atoms. The van der Waals surface area contributed by atoms with Crippen molar-refractivity contribution in [1.29, 1.82) is 0 Å². The van der Waals surface area contributed by atoms with E-state index in [0.717, 1.165) is 16.7 Å². The molecular weight excluding hydrogens is 749 g/mol. The SMILES string of the molecule is C[C@@H](OCc1ccccc1)C(=O)N[C@H]1CC(n2cnc3c(NCC(c4ccccc4)c4ccccc4)nc(N4CC[C@@H](NC(=O)Nc5cccnc5)C4)nc32)C(O)[C@@H]1O. The molecule has 0 radical (unpaired) electrons. The third-order valence-electron chi connectivity index (χ3n) is 11.1. The van der Waals surface area contributed by atoms with Gasteiger partial charge in [-0.05, 0) is 48.6 Å². The Bertz CT molecular complexity index is 2280. The van der Waals surface area contributed by atoms with E-state index in [4.69, 9.17) is 19.7 Å². The summed E-state index contributed by atoms with van der Waals surface area (Å²) in [7, 11) is 0. The third-order valence-corrected chi connectivity index (χ3v) is 11.1. The van der Waals surface area contributed by atoms with Gasteiger partial charge in [0.15, 0.2) is 17.0 Å². The number of ether oxygens (including phenoxy) is 1. The number of imidazole rings is 1. The molecule has 2 unspecified atom stereocenters. The average Bonchev–Trinajstić information content (AvgIpc) is 3.99. The number of amides is 3. The number of benzene rings is 3. The summed E-state index contributed by atoms with van der Waals surface area (Å²) in [4.78, 5) is 46.9. The maximum Gasteiger partial charge on any atom is 0.319 e. The molecule has 2 aliphatic rings. The summed E-state index contributed by atoms with van der Waals surface area (Å²) >= 11 is 0.